The Morgan fingerprint density at radius 1 is 1.21 bits per heavy atom. The molecule has 0 fully saturated rings. The highest BCUT2D eigenvalue weighted by Gasteiger charge is 2.50. The van der Waals surface area contributed by atoms with Crippen molar-refractivity contribution in [1.29, 1.82) is 0 Å². The lowest BCUT2D eigenvalue weighted by Crippen LogP contribution is -2.42. The van der Waals surface area contributed by atoms with E-state index < -0.39 is 17.8 Å². The van der Waals surface area contributed by atoms with Crippen LogP contribution in [0, 0.1) is 5.92 Å². The fourth-order valence-electron chi connectivity index (χ4n) is 2.09. The van der Waals surface area contributed by atoms with E-state index in [-0.39, 0.29) is 17.0 Å². The van der Waals surface area contributed by atoms with Crippen molar-refractivity contribution in [3.63, 3.8) is 0 Å². The summed E-state index contributed by atoms with van der Waals surface area (Å²) in [5.41, 5.74) is 0. The molecule has 0 spiro atoms. The third kappa shape index (κ3) is 6.36. The second kappa shape index (κ2) is 9.88. The van der Waals surface area contributed by atoms with E-state index in [1.54, 1.807) is 13.8 Å². The minimum absolute atomic E-state index is 0.00668. The largest absolute Gasteiger partial charge is 0.462 e. The summed E-state index contributed by atoms with van der Waals surface area (Å²) >= 11 is 2.05. The number of carbonyl (C=O) groups is 1. The van der Waals surface area contributed by atoms with Gasteiger partial charge < -0.3 is 4.74 Å². The number of hydrogen-bond acceptors (Lipinski definition) is 2. The number of unbranched alkanes of at least 4 members (excludes halogenated alkanes) is 3. The van der Waals surface area contributed by atoms with E-state index in [0.717, 1.165) is 32.1 Å². The van der Waals surface area contributed by atoms with Crippen LogP contribution in [0.15, 0.2) is 0 Å². The van der Waals surface area contributed by atoms with Gasteiger partial charge in [0.2, 0.25) is 0 Å². The molecule has 2 nitrogen and oxygen atoms in total. The van der Waals surface area contributed by atoms with Gasteiger partial charge in [0.1, 0.15) is 0 Å². The molecule has 0 amide bonds. The third-order valence-corrected chi connectivity index (χ3v) is 4.71. The minimum Gasteiger partial charge on any atom is -0.462 e. The molecule has 0 aliphatic carbocycles. The van der Waals surface area contributed by atoms with Gasteiger partial charge in [-0.3, -0.25) is 0 Å². The fraction of sp³-hybridized carbons (Fsp3) is 0.929. The van der Waals surface area contributed by atoms with Gasteiger partial charge in [-0.05, 0) is 19.8 Å². The van der Waals surface area contributed by atoms with Gasteiger partial charge in [0.25, 0.3) is 0 Å². The summed E-state index contributed by atoms with van der Waals surface area (Å²) in [5.74, 6) is -5.69. The van der Waals surface area contributed by atoms with Crippen LogP contribution in [-0.4, -0.2) is 22.4 Å². The molecule has 114 valence electrons. The summed E-state index contributed by atoms with van der Waals surface area (Å²) in [6, 6.07) is 0. The molecule has 5 heteroatoms. The van der Waals surface area contributed by atoms with Crippen LogP contribution in [0.5, 0.6) is 0 Å². The van der Waals surface area contributed by atoms with Gasteiger partial charge >= 0.3 is 11.9 Å². The van der Waals surface area contributed by atoms with Crippen LogP contribution in [0.3, 0.4) is 0 Å². The van der Waals surface area contributed by atoms with E-state index in [9.17, 15) is 13.6 Å². The molecule has 19 heavy (non-hydrogen) atoms. The normalized spacial score (nSPS) is 15.1. The van der Waals surface area contributed by atoms with E-state index in [0.29, 0.717) is 0 Å². The van der Waals surface area contributed by atoms with Crippen LogP contribution in [0.4, 0.5) is 8.78 Å². The Hall–Kier alpha value is 0.0600. The lowest BCUT2D eigenvalue weighted by Gasteiger charge is -2.28. The molecule has 0 aliphatic heterocycles. The van der Waals surface area contributed by atoms with Crippen molar-refractivity contribution in [2.45, 2.75) is 69.1 Å². The topological polar surface area (TPSA) is 26.3 Å². The van der Waals surface area contributed by atoms with E-state index in [2.05, 4.69) is 34.3 Å². The molecule has 0 aromatic carbocycles. The first-order valence-electron chi connectivity index (χ1n) is 7.10. The van der Waals surface area contributed by atoms with Crippen LogP contribution in [0.1, 0.15) is 59.3 Å². The number of alkyl halides is 3. The third-order valence-electron chi connectivity index (χ3n) is 3.22. The van der Waals surface area contributed by atoms with Crippen molar-refractivity contribution < 1.29 is 18.3 Å². The molecule has 0 rings (SSSR count). The van der Waals surface area contributed by atoms with Gasteiger partial charge in [-0.2, -0.15) is 8.78 Å². The average Bonchev–Trinajstić information content (AvgIpc) is 2.35. The Bertz CT molecular complexity index is 260. The van der Waals surface area contributed by atoms with Crippen molar-refractivity contribution in [3.8, 4) is 0 Å². The number of rotatable bonds is 10. The Balaban J connectivity index is 4.47. The van der Waals surface area contributed by atoms with Crippen LogP contribution in [0.2, 0.25) is 0 Å². The van der Waals surface area contributed by atoms with Crippen molar-refractivity contribution in [3.05, 3.63) is 0 Å². The molecule has 0 bridgehead atoms. The second-order valence-electron chi connectivity index (χ2n) is 4.72. The molecular weight excluding hydrogens is 365 g/mol. The van der Waals surface area contributed by atoms with E-state index in [4.69, 9.17) is 0 Å². The Labute approximate surface area is 128 Å². The minimum atomic E-state index is -3.37. The van der Waals surface area contributed by atoms with Gasteiger partial charge in [-0.1, -0.05) is 62.1 Å². The zero-order valence-corrected chi connectivity index (χ0v) is 14.2. The molecular formula is C14H25F2IO2. The maximum absolute atomic E-state index is 14.0. The first kappa shape index (κ1) is 19.1. The maximum Gasteiger partial charge on any atom is 0.377 e. The summed E-state index contributed by atoms with van der Waals surface area (Å²) < 4.78 is 32.3. The summed E-state index contributed by atoms with van der Waals surface area (Å²) in [4.78, 5) is 11.4. The Morgan fingerprint density at radius 2 is 1.84 bits per heavy atom. The molecule has 0 aromatic rings. The van der Waals surface area contributed by atoms with Gasteiger partial charge in [-0.25, -0.2) is 4.79 Å². The zero-order valence-electron chi connectivity index (χ0n) is 12.1. The molecule has 2 atom stereocenters. The van der Waals surface area contributed by atoms with Gasteiger partial charge in [0.05, 0.1) is 6.61 Å². The molecule has 2 unspecified atom stereocenters. The monoisotopic (exact) mass is 390 g/mol. The number of carbonyl (C=O) groups excluding carboxylic acids is 1. The Kier molecular flexibility index (Phi) is 9.92. The highest BCUT2D eigenvalue weighted by molar-refractivity contribution is 14.1. The first-order chi connectivity index (χ1) is 8.91. The summed E-state index contributed by atoms with van der Waals surface area (Å²) in [6.07, 6.45) is 5.28. The number of ether oxygens (including phenoxy) is 1. The molecule has 0 N–H and O–H groups in total. The predicted molar refractivity (Wildman–Crippen MR) is 81.9 cm³/mol. The van der Waals surface area contributed by atoms with Crippen molar-refractivity contribution in [1.82, 2.24) is 0 Å². The van der Waals surface area contributed by atoms with Crippen molar-refractivity contribution in [2.24, 2.45) is 5.92 Å². The Morgan fingerprint density at radius 3 is 2.32 bits per heavy atom. The van der Waals surface area contributed by atoms with E-state index in [1.165, 1.54) is 0 Å². The molecule has 0 aliphatic rings. The van der Waals surface area contributed by atoms with Crippen LogP contribution < -0.4 is 0 Å². The standard InChI is InChI=1S/C14H25F2IO2/c1-4-7-8-9-10-12(17)11(5-2)14(15,16)13(18)19-6-3/h11-12H,4-10H2,1-3H3. The lowest BCUT2D eigenvalue weighted by atomic mass is 9.91. The highest BCUT2D eigenvalue weighted by atomic mass is 127. The molecule has 0 radical (unpaired) electrons. The van der Waals surface area contributed by atoms with E-state index >= 15 is 0 Å². The SMILES string of the molecule is CCCCCCC(I)C(CC)C(F)(F)C(=O)OCC. The lowest BCUT2D eigenvalue weighted by molar-refractivity contribution is -0.180. The highest BCUT2D eigenvalue weighted by Crippen LogP contribution is 2.37. The molecule has 0 heterocycles. The van der Waals surface area contributed by atoms with Crippen LogP contribution in [0.25, 0.3) is 0 Å². The van der Waals surface area contributed by atoms with Crippen molar-refractivity contribution in [2.75, 3.05) is 6.61 Å². The smallest absolute Gasteiger partial charge is 0.377 e. The maximum atomic E-state index is 14.0. The predicted octanol–water partition coefficient (Wildman–Crippen LogP) is 4.99. The summed E-state index contributed by atoms with van der Waals surface area (Å²) in [6.45, 7) is 5.36. The van der Waals surface area contributed by atoms with Crippen LogP contribution in [-0.2, 0) is 9.53 Å². The summed E-state index contributed by atoms with van der Waals surface area (Å²) in [7, 11) is 0. The van der Waals surface area contributed by atoms with Gasteiger partial charge in [0.15, 0.2) is 0 Å². The van der Waals surface area contributed by atoms with E-state index in [1.807, 2.05) is 0 Å². The quantitative estimate of drug-likeness (QED) is 0.228. The molecule has 0 aromatic heterocycles. The average molecular weight is 390 g/mol. The number of hydrogen-bond donors (Lipinski definition) is 0. The van der Waals surface area contributed by atoms with Gasteiger partial charge in [0, 0.05) is 9.84 Å². The first-order valence-corrected chi connectivity index (χ1v) is 8.35. The zero-order chi connectivity index (χ0) is 14.9. The summed E-state index contributed by atoms with van der Waals surface area (Å²) in [5, 5.41) is 0. The second-order valence-corrected chi connectivity index (χ2v) is 6.32. The van der Waals surface area contributed by atoms with Crippen LogP contribution >= 0.6 is 22.6 Å². The fourth-order valence-corrected chi connectivity index (χ4v) is 3.49. The van der Waals surface area contributed by atoms with Crippen molar-refractivity contribution >= 4 is 28.6 Å². The van der Waals surface area contributed by atoms with Gasteiger partial charge in [-0.15, -0.1) is 0 Å². The molecule has 0 saturated carbocycles. The molecule has 0 saturated heterocycles. The number of halogens is 3. The number of esters is 1.